The first-order valence-electron chi connectivity index (χ1n) is 11.4. The van der Waals surface area contributed by atoms with Crippen molar-refractivity contribution in [2.45, 2.75) is 42.9 Å². The summed E-state index contributed by atoms with van der Waals surface area (Å²) >= 11 is 6.17. The van der Waals surface area contributed by atoms with Crippen molar-refractivity contribution < 1.29 is 26.4 Å². The number of amides is 1. The Labute approximate surface area is 212 Å². The van der Waals surface area contributed by atoms with Crippen molar-refractivity contribution in [2.75, 3.05) is 38.6 Å². The molecular weight excluding hydrogens is 514 g/mol. The van der Waals surface area contributed by atoms with Gasteiger partial charge in [0.15, 0.2) is 0 Å². The van der Waals surface area contributed by atoms with E-state index in [2.05, 4.69) is 5.32 Å². The second kappa shape index (κ2) is 11.3. The predicted molar refractivity (Wildman–Crippen MR) is 135 cm³/mol. The third-order valence-electron chi connectivity index (χ3n) is 5.89. The number of carbonyl (C=O) groups is 1. The number of rotatable bonds is 9. The zero-order valence-corrected chi connectivity index (χ0v) is 22.3. The van der Waals surface area contributed by atoms with E-state index in [0.29, 0.717) is 18.8 Å². The van der Waals surface area contributed by atoms with Crippen LogP contribution in [0.25, 0.3) is 0 Å². The first-order valence-corrected chi connectivity index (χ1v) is 14.6. The Balaban J connectivity index is 1.99. The maximum absolute atomic E-state index is 13.4. The fourth-order valence-electron chi connectivity index (χ4n) is 3.93. The molecule has 0 aliphatic carbocycles. The Morgan fingerprint density at radius 1 is 1.00 bits per heavy atom. The fraction of sp³-hybridized carbons (Fsp3) is 0.435. The Bertz CT molecular complexity index is 1290. The molecule has 0 unspecified atom stereocenters. The molecule has 3 rings (SSSR count). The molecule has 2 aromatic rings. The number of piperidine rings is 1. The van der Waals surface area contributed by atoms with Gasteiger partial charge in [-0.05, 0) is 43.2 Å². The summed E-state index contributed by atoms with van der Waals surface area (Å²) in [5.41, 5.74) is 0.0988. The highest BCUT2D eigenvalue weighted by atomic mass is 35.5. The Hall–Kier alpha value is -2.18. The van der Waals surface area contributed by atoms with Gasteiger partial charge in [-0.25, -0.2) is 16.8 Å². The second-order valence-electron chi connectivity index (χ2n) is 8.02. The smallest absolute Gasteiger partial charge is 0.255 e. The molecule has 1 fully saturated rings. The van der Waals surface area contributed by atoms with Gasteiger partial charge in [0.2, 0.25) is 20.0 Å². The zero-order chi connectivity index (χ0) is 25.8. The largest absolute Gasteiger partial charge is 0.497 e. The van der Waals surface area contributed by atoms with E-state index in [1.165, 1.54) is 46.1 Å². The molecule has 9 nitrogen and oxygen atoms in total. The second-order valence-corrected chi connectivity index (χ2v) is 12.2. The predicted octanol–water partition coefficient (Wildman–Crippen LogP) is 3.81. The number of benzene rings is 2. The average molecular weight is 544 g/mol. The number of anilines is 1. The van der Waals surface area contributed by atoms with Crippen molar-refractivity contribution in [3.63, 3.8) is 0 Å². The summed E-state index contributed by atoms with van der Waals surface area (Å²) in [5.74, 6) is -0.337. The number of carbonyl (C=O) groups excluding carboxylic acids is 1. The molecule has 35 heavy (non-hydrogen) atoms. The maximum Gasteiger partial charge on any atom is 0.255 e. The van der Waals surface area contributed by atoms with Crippen LogP contribution >= 0.6 is 11.6 Å². The number of ether oxygens (including phenoxy) is 1. The molecule has 1 N–H and O–H groups in total. The highest BCUT2D eigenvalue weighted by molar-refractivity contribution is 7.89. The summed E-state index contributed by atoms with van der Waals surface area (Å²) < 4.78 is 60.6. The quantitative estimate of drug-likeness (QED) is 0.514. The van der Waals surface area contributed by atoms with E-state index in [-0.39, 0.29) is 39.2 Å². The number of methoxy groups -OCH3 is 1. The summed E-state index contributed by atoms with van der Waals surface area (Å²) in [6, 6.07) is 8.30. The Morgan fingerprint density at radius 2 is 1.66 bits per heavy atom. The van der Waals surface area contributed by atoms with E-state index in [0.717, 1.165) is 19.3 Å². The monoisotopic (exact) mass is 543 g/mol. The summed E-state index contributed by atoms with van der Waals surface area (Å²) in [6.07, 6.45) is 2.49. The normalized spacial score (nSPS) is 15.2. The molecule has 2 aromatic carbocycles. The van der Waals surface area contributed by atoms with Crippen molar-refractivity contribution in [1.29, 1.82) is 0 Å². The van der Waals surface area contributed by atoms with Crippen LogP contribution in [-0.4, -0.2) is 64.6 Å². The molecule has 1 heterocycles. The van der Waals surface area contributed by atoms with E-state index in [1.54, 1.807) is 19.9 Å². The van der Waals surface area contributed by atoms with Crippen molar-refractivity contribution in [3.05, 3.63) is 47.0 Å². The Morgan fingerprint density at radius 3 is 2.26 bits per heavy atom. The molecule has 0 bridgehead atoms. The van der Waals surface area contributed by atoms with E-state index in [9.17, 15) is 21.6 Å². The summed E-state index contributed by atoms with van der Waals surface area (Å²) in [7, 11) is -6.38. The van der Waals surface area contributed by atoms with Crippen LogP contribution < -0.4 is 10.1 Å². The van der Waals surface area contributed by atoms with Gasteiger partial charge >= 0.3 is 0 Å². The summed E-state index contributed by atoms with van der Waals surface area (Å²) in [6.45, 7) is 4.71. The third kappa shape index (κ3) is 5.80. The minimum absolute atomic E-state index is 0.00809. The molecule has 1 aliphatic rings. The molecule has 0 aromatic heterocycles. The lowest BCUT2D eigenvalue weighted by Crippen LogP contribution is -2.36. The van der Waals surface area contributed by atoms with Crippen LogP contribution in [0.15, 0.2) is 46.2 Å². The van der Waals surface area contributed by atoms with Crippen LogP contribution in [0.4, 0.5) is 5.69 Å². The topological polar surface area (TPSA) is 113 Å². The van der Waals surface area contributed by atoms with Gasteiger partial charge in [-0.1, -0.05) is 31.9 Å². The number of nitrogens with zero attached hydrogens (tertiary/aromatic N) is 2. The molecule has 12 heteroatoms. The van der Waals surface area contributed by atoms with Gasteiger partial charge in [-0.3, -0.25) is 4.79 Å². The lowest BCUT2D eigenvalue weighted by Gasteiger charge is -2.27. The minimum atomic E-state index is -3.91. The standard InChI is InChI=1S/C23H30ClN3O6S2/c1-4-26(5-2)34(29,30)21-15-17(9-11-19(21)24)23(28)25-20-12-10-18(33-3)16-22(20)35(31,32)27-13-7-6-8-14-27/h9-12,15-16H,4-8,13-14H2,1-3H3,(H,25,28). The third-order valence-corrected chi connectivity index (χ3v) is 10.4. The van der Waals surface area contributed by atoms with Gasteiger partial charge in [-0.15, -0.1) is 0 Å². The van der Waals surface area contributed by atoms with Crippen LogP contribution in [0.2, 0.25) is 5.02 Å². The number of nitrogens with one attached hydrogen (secondary N) is 1. The lowest BCUT2D eigenvalue weighted by atomic mass is 10.2. The molecular formula is C23H30ClN3O6S2. The average Bonchev–Trinajstić information content (AvgIpc) is 2.85. The molecule has 0 radical (unpaired) electrons. The first-order chi connectivity index (χ1) is 16.6. The van der Waals surface area contributed by atoms with Gasteiger partial charge in [0, 0.05) is 37.8 Å². The number of sulfonamides is 2. The Kier molecular flexibility index (Phi) is 8.81. The van der Waals surface area contributed by atoms with Gasteiger partial charge in [0.05, 0.1) is 17.8 Å². The van der Waals surface area contributed by atoms with E-state index >= 15 is 0 Å². The lowest BCUT2D eigenvalue weighted by molar-refractivity contribution is 0.102. The summed E-state index contributed by atoms with van der Waals surface area (Å²) in [5, 5.41) is 2.62. The molecule has 1 aliphatic heterocycles. The van der Waals surface area contributed by atoms with Gasteiger partial charge in [0.25, 0.3) is 5.91 Å². The van der Waals surface area contributed by atoms with Crippen molar-refractivity contribution in [1.82, 2.24) is 8.61 Å². The molecule has 0 atom stereocenters. The van der Waals surface area contributed by atoms with Gasteiger partial charge in [-0.2, -0.15) is 8.61 Å². The number of halogens is 1. The minimum Gasteiger partial charge on any atom is -0.497 e. The van der Waals surface area contributed by atoms with E-state index < -0.39 is 26.0 Å². The van der Waals surface area contributed by atoms with Crippen LogP contribution in [0.3, 0.4) is 0 Å². The van der Waals surface area contributed by atoms with Gasteiger partial charge in [0.1, 0.15) is 15.5 Å². The van der Waals surface area contributed by atoms with Crippen molar-refractivity contribution in [2.24, 2.45) is 0 Å². The number of hydrogen-bond donors (Lipinski definition) is 1. The summed E-state index contributed by atoms with van der Waals surface area (Å²) in [4.78, 5) is 12.8. The number of hydrogen-bond acceptors (Lipinski definition) is 6. The van der Waals surface area contributed by atoms with Gasteiger partial charge < -0.3 is 10.1 Å². The molecule has 1 amide bonds. The zero-order valence-electron chi connectivity index (χ0n) is 20.0. The van der Waals surface area contributed by atoms with Crippen LogP contribution in [0.5, 0.6) is 5.75 Å². The molecule has 0 saturated carbocycles. The van der Waals surface area contributed by atoms with E-state index in [4.69, 9.17) is 16.3 Å². The molecule has 1 saturated heterocycles. The fourth-order valence-corrected chi connectivity index (χ4v) is 7.57. The SMILES string of the molecule is CCN(CC)S(=O)(=O)c1cc(C(=O)Nc2ccc(OC)cc2S(=O)(=O)N2CCCCC2)ccc1Cl. The van der Waals surface area contributed by atoms with Crippen molar-refractivity contribution in [3.8, 4) is 5.75 Å². The van der Waals surface area contributed by atoms with Crippen LogP contribution in [-0.2, 0) is 20.0 Å². The molecule has 0 spiro atoms. The first kappa shape index (κ1) is 27.4. The van der Waals surface area contributed by atoms with Crippen LogP contribution in [0.1, 0.15) is 43.5 Å². The van der Waals surface area contributed by atoms with Crippen molar-refractivity contribution >= 4 is 43.2 Å². The van der Waals surface area contributed by atoms with E-state index in [1.807, 2.05) is 0 Å². The molecule has 192 valence electrons. The highest BCUT2D eigenvalue weighted by Gasteiger charge is 2.30. The van der Waals surface area contributed by atoms with Crippen LogP contribution in [0, 0.1) is 0 Å². The highest BCUT2D eigenvalue weighted by Crippen LogP contribution is 2.32. The maximum atomic E-state index is 13.4.